The van der Waals surface area contributed by atoms with Crippen LogP contribution in [0, 0.1) is 17.2 Å². The summed E-state index contributed by atoms with van der Waals surface area (Å²) in [4.78, 5) is 20.7. The van der Waals surface area contributed by atoms with Crippen LogP contribution in [-0.2, 0) is 21.0 Å². The lowest BCUT2D eigenvalue weighted by Crippen LogP contribution is -2.22. The molecular formula is C28H39N7O3Si. The first-order valence-electron chi connectivity index (χ1n) is 13.6. The van der Waals surface area contributed by atoms with Crippen molar-refractivity contribution in [1.29, 1.82) is 5.26 Å². The number of rotatable bonds is 13. The van der Waals surface area contributed by atoms with Gasteiger partial charge in [0, 0.05) is 45.1 Å². The first kappa shape index (κ1) is 28.5. The van der Waals surface area contributed by atoms with Crippen molar-refractivity contribution in [2.24, 2.45) is 5.92 Å². The van der Waals surface area contributed by atoms with E-state index >= 15 is 0 Å². The number of esters is 1. The SMILES string of the molecule is COC(=O)/C=C/CNc1nn(C(CC#N)C2CCCC2)cc1-c1ncnc2c1ccn2COCC[Si](C)(C)C. The number of anilines is 1. The van der Waals surface area contributed by atoms with Crippen LogP contribution < -0.4 is 5.32 Å². The summed E-state index contributed by atoms with van der Waals surface area (Å²) in [7, 11) is 0.184. The number of ether oxygens (including phenoxy) is 2. The second-order valence-corrected chi connectivity index (χ2v) is 16.9. The van der Waals surface area contributed by atoms with Gasteiger partial charge in [0.15, 0.2) is 5.82 Å². The molecule has 0 saturated heterocycles. The molecule has 1 fully saturated rings. The Morgan fingerprint density at radius 1 is 1.31 bits per heavy atom. The molecular weight excluding hydrogens is 510 g/mol. The zero-order chi connectivity index (χ0) is 27.8. The first-order chi connectivity index (χ1) is 18.8. The van der Waals surface area contributed by atoms with E-state index in [2.05, 4.69) is 45.7 Å². The van der Waals surface area contributed by atoms with Crippen molar-refractivity contribution in [2.75, 3.05) is 25.6 Å². The second-order valence-electron chi connectivity index (χ2n) is 11.2. The number of hydrogen-bond acceptors (Lipinski definition) is 8. The molecule has 3 aromatic heterocycles. The third kappa shape index (κ3) is 7.33. The van der Waals surface area contributed by atoms with Crippen molar-refractivity contribution < 1.29 is 14.3 Å². The normalized spacial score (nSPS) is 15.2. The molecule has 1 aliphatic carbocycles. The van der Waals surface area contributed by atoms with Crippen molar-refractivity contribution in [1.82, 2.24) is 24.3 Å². The summed E-state index contributed by atoms with van der Waals surface area (Å²) < 4.78 is 14.6. The van der Waals surface area contributed by atoms with Gasteiger partial charge in [-0.2, -0.15) is 10.4 Å². The number of carbonyl (C=O) groups excluding carboxylic acids is 1. The van der Waals surface area contributed by atoms with Gasteiger partial charge >= 0.3 is 5.97 Å². The summed E-state index contributed by atoms with van der Waals surface area (Å²) in [6, 6.07) is 5.48. The fourth-order valence-corrected chi connectivity index (χ4v) is 5.78. The van der Waals surface area contributed by atoms with Crippen LogP contribution in [0.1, 0.15) is 38.1 Å². The Kier molecular flexibility index (Phi) is 9.53. The van der Waals surface area contributed by atoms with E-state index in [1.165, 1.54) is 26.0 Å². The highest BCUT2D eigenvalue weighted by molar-refractivity contribution is 6.76. The Morgan fingerprint density at radius 3 is 2.82 bits per heavy atom. The fraction of sp³-hybridized carbons (Fsp3) is 0.536. The van der Waals surface area contributed by atoms with Crippen molar-refractivity contribution in [2.45, 2.75) is 70.6 Å². The summed E-state index contributed by atoms with van der Waals surface area (Å²) in [6.45, 7) is 8.56. The number of hydrogen-bond donors (Lipinski definition) is 1. The zero-order valence-corrected chi connectivity index (χ0v) is 24.4. The molecule has 0 amide bonds. The molecule has 1 aliphatic rings. The van der Waals surface area contributed by atoms with E-state index in [4.69, 9.17) is 9.84 Å². The summed E-state index contributed by atoms with van der Waals surface area (Å²) >= 11 is 0. The van der Waals surface area contributed by atoms with Crippen LogP contribution >= 0.6 is 0 Å². The summed E-state index contributed by atoms with van der Waals surface area (Å²) in [5.41, 5.74) is 2.38. The highest BCUT2D eigenvalue weighted by atomic mass is 28.3. The zero-order valence-electron chi connectivity index (χ0n) is 23.4. The number of nitrogens with zero attached hydrogens (tertiary/aromatic N) is 6. The molecule has 1 saturated carbocycles. The minimum atomic E-state index is -1.16. The van der Waals surface area contributed by atoms with E-state index in [0.29, 0.717) is 31.4 Å². The lowest BCUT2D eigenvalue weighted by Gasteiger charge is -2.21. The lowest BCUT2D eigenvalue weighted by molar-refractivity contribution is -0.134. The molecule has 3 heterocycles. The molecule has 0 bridgehead atoms. The van der Waals surface area contributed by atoms with E-state index in [1.807, 2.05) is 27.7 Å². The van der Waals surface area contributed by atoms with Gasteiger partial charge in [-0.3, -0.25) is 4.68 Å². The van der Waals surface area contributed by atoms with Gasteiger partial charge in [-0.15, -0.1) is 0 Å². The van der Waals surface area contributed by atoms with Crippen LogP contribution in [0.2, 0.25) is 25.7 Å². The highest BCUT2D eigenvalue weighted by Gasteiger charge is 2.29. The Labute approximate surface area is 231 Å². The van der Waals surface area contributed by atoms with E-state index < -0.39 is 14.0 Å². The highest BCUT2D eigenvalue weighted by Crippen LogP contribution is 2.38. The molecule has 1 unspecified atom stereocenters. The molecule has 0 aliphatic heterocycles. The monoisotopic (exact) mass is 549 g/mol. The van der Waals surface area contributed by atoms with Crippen LogP contribution in [0.15, 0.2) is 36.9 Å². The average Bonchev–Trinajstić information content (AvgIpc) is 3.67. The summed E-state index contributed by atoms with van der Waals surface area (Å²) in [5.74, 6) is 0.651. The smallest absolute Gasteiger partial charge is 0.330 e. The van der Waals surface area contributed by atoms with Gasteiger partial charge < -0.3 is 19.4 Å². The molecule has 0 spiro atoms. The number of carbonyl (C=O) groups is 1. The van der Waals surface area contributed by atoms with E-state index in [-0.39, 0.29) is 6.04 Å². The predicted molar refractivity (Wildman–Crippen MR) is 154 cm³/mol. The van der Waals surface area contributed by atoms with Gasteiger partial charge in [-0.1, -0.05) is 38.6 Å². The summed E-state index contributed by atoms with van der Waals surface area (Å²) in [5, 5.41) is 18.7. The molecule has 3 aromatic rings. The number of nitriles is 1. The third-order valence-electron chi connectivity index (χ3n) is 7.20. The molecule has 1 N–H and O–H groups in total. The third-order valence-corrected chi connectivity index (χ3v) is 8.90. The maximum Gasteiger partial charge on any atom is 0.330 e. The second kappa shape index (κ2) is 13.0. The maximum atomic E-state index is 11.5. The van der Waals surface area contributed by atoms with E-state index in [1.54, 1.807) is 12.4 Å². The Bertz CT molecular complexity index is 1330. The minimum absolute atomic E-state index is 0.000829. The number of methoxy groups -OCH3 is 1. The van der Waals surface area contributed by atoms with Gasteiger partial charge in [0.1, 0.15) is 18.7 Å². The Hall–Kier alpha value is -3.49. The van der Waals surface area contributed by atoms with Gasteiger partial charge in [-0.25, -0.2) is 14.8 Å². The van der Waals surface area contributed by atoms with Crippen molar-refractivity contribution in [3.8, 4) is 17.3 Å². The Morgan fingerprint density at radius 2 is 2.10 bits per heavy atom. The van der Waals surface area contributed by atoms with Gasteiger partial charge in [0.05, 0.1) is 36.9 Å². The van der Waals surface area contributed by atoms with Crippen LogP contribution in [0.25, 0.3) is 22.3 Å². The van der Waals surface area contributed by atoms with Crippen molar-refractivity contribution in [3.05, 3.63) is 36.9 Å². The molecule has 4 rings (SSSR count). The quantitative estimate of drug-likeness (QED) is 0.130. The van der Waals surface area contributed by atoms with Crippen molar-refractivity contribution in [3.63, 3.8) is 0 Å². The minimum Gasteiger partial charge on any atom is -0.466 e. The molecule has 0 radical (unpaired) electrons. The van der Waals surface area contributed by atoms with E-state index in [0.717, 1.165) is 47.8 Å². The standard InChI is InChI=1S/C28H39N7O3Si/c1-37-25(36)10-7-14-30-27-23(18-35(33-27)24(11-13-29)21-8-5-6-9-21)26-22-12-15-34(28(22)32-19-31-26)20-38-16-17-39(2,3)4/h7,10,12,15,18-19,21,24H,5-6,8-9,11,14,16-17,20H2,1-4H3,(H,30,33)/b10-7+. The molecule has 0 aromatic carbocycles. The number of fused-ring (bicyclic) bond motifs is 1. The molecule has 39 heavy (non-hydrogen) atoms. The van der Waals surface area contributed by atoms with Crippen molar-refractivity contribution >= 4 is 30.9 Å². The maximum absolute atomic E-state index is 11.5. The Balaban J connectivity index is 1.65. The lowest BCUT2D eigenvalue weighted by atomic mass is 9.96. The summed E-state index contributed by atoms with van der Waals surface area (Å²) in [6.07, 6.45) is 13.6. The number of aromatic nitrogens is 5. The van der Waals surface area contributed by atoms with E-state index in [9.17, 15) is 10.1 Å². The molecule has 208 valence electrons. The molecule has 10 nitrogen and oxygen atoms in total. The van der Waals surface area contributed by atoms with Gasteiger partial charge in [-0.05, 0) is 30.9 Å². The van der Waals surface area contributed by atoms with Gasteiger partial charge in [0.2, 0.25) is 0 Å². The van der Waals surface area contributed by atoms with Crippen LogP contribution in [-0.4, -0.2) is 58.6 Å². The topological polar surface area (TPSA) is 120 Å². The first-order valence-corrected chi connectivity index (χ1v) is 17.3. The molecule has 11 heteroatoms. The fourth-order valence-electron chi connectivity index (χ4n) is 5.02. The van der Waals surface area contributed by atoms with Crippen LogP contribution in [0.4, 0.5) is 5.82 Å². The van der Waals surface area contributed by atoms with Gasteiger partial charge in [0.25, 0.3) is 0 Å². The molecule has 1 atom stereocenters. The predicted octanol–water partition coefficient (Wildman–Crippen LogP) is 5.39. The average molecular weight is 550 g/mol. The largest absolute Gasteiger partial charge is 0.466 e. The number of nitrogens with one attached hydrogen (secondary N) is 1. The van der Waals surface area contributed by atoms with Crippen LogP contribution in [0.5, 0.6) is 0 Å². The van der Waals surface area contributed by atoms with Crippen LogP contribution in [0.3, 0.4) is 0 Å².